The van der Waals surface area contributed by atoms with Crippen molar-refractivity contribution in [3.8, 4) is 0 Å². The van der Waals surface area contributed by atoms with E-state index in [0.29, 0.717) is 13.0 Å². The minimum Gasteiger partial charge on any atom is -0.396 e. The van der Waals surface area contributed by atoms with Gasteiger partial charge in [-0.15, -0.1) is 0 Å². The van der Waals surface area contributed by atoms with E-state index in [1.54, 1.807) is 0 Å². The predicted molar refractivity (Wildman–Crippen MR) is 83.2 cm³/mol. The topological polar surface area (TPSA) is 78.4 Å². The smallest absolute Gasteiger partial charge is 0.313 e. The molecule has 2 amide bonds. The van der Waals surface area contributed by atoms with Gasteiger partial charge < -0.3 is 15.7 Å². The molecule has 22 heavy (non-hydrogen) atoms. The maximum absolute atomic E-state index is 13.2. The molecule has 1 aromatic carbocycles. The average molecular weight is 331 g/mol. The summed E-state index contributed by atoms with van der Waals surface area (Å²) in [7, 11) is 0. The van der Waals surface area contributed by atoms with Crippen LogP contribution in [0, 0.1) is 11.7 Å². The summed E-state index contributed by atoms with van der Waals surface area (Å²) in [6.45, 7) is 2.36. The molecule has 7 heteroatoms. The third-order valence-corrected chi connectivity index (χ3v) is 3.48. The number of carbonyl (C=O) groups is 2. The highest BCUT2D eigenvalue weighted by Crippen LogP contribution is 2.18. The van der Waals surface area contributed by atoms with Gasteiger partial charge in [0, 0.05) is 18.8 Å². The molecular formula is C15H20ClFN2O3. The molecule has 0 aliphatic carbocycles. The number of benzene rings is 1. The molecule has 0 saturated heterocycles. The number of nitrogens with one attached hydrogen (secondary N) is 2. The fourth-order valence-corrected chi connectivity index (χ4v) is 2.14. The summed E-state index contributed by atoms with van der Waals surface area (Å²) in [6.07, 6.45) is 2.35. The van der Waals surface area contributed by atoms with Crippen molar-refractivity contribution in [2.75, 3.05) is 18.5 Å². The largest absolute Gasteiger partial charge is 0.396 e. The normalized spacial score (nSPS) is 11.8. The number of aliphatic hydroxyl groups excluding tert-OH is 1. The van der Waals surface area contributed by atoms with Crippen LogP contribution in [-0.4, -0.2) is 30.1 Å². The van der Waals surface area contributed by atoms with Crippen LogP contribution in [0.5, 0.6) is 0 Å². The molecule has 0 fully saturated rings. The van der Waals surface area contributed by atoms with Gasteiger partial charge in [0.25, 0.3) is 0 Å². The molecule has 3 N–H and O–H groups in total. The highest BCUT2D eigenvalue weighted by molar-refractivity contribution is 6.39. The fourth-order valence-electron chi connectivity index (χ4n) is 2.02. The van der Waals surface area contributed by atoms with Crippen molar-refractivity contribution in [1.29, 1.82) is 0 Å². The number of halogens is 2. The Kier molecular flexibility index (Phi) is 7.84. The predicted octanol–water partition coefficient (Wildman–Crippen LogP) is 2.33. The highest BCUT2D eigenvalue weighted by atomic mass is 35.5. The third-order valence-electron chi connectivity index (χ3n) is 3.17. The molecule has 1 rings (SSSR count). The minimum absolute atomic E-state index is 0.0385. The molecule has 1 unspecified atom stereocenters. The van der Waals surface area contributed by atoms with Crippen molar-refractivity contribution in [2.45, 2.75) is 26.2 Å². The lowest BCUT2D eigenvalue weighted by Crippen LogP contribution is -2.38. The summed E-state index contributed by atoms with van der Waals surface area (Å²) in [5.74, 6) is -2.22. The van der Waals surface area contributed by atoms with Gasteiger partial charge in [0.15, 0.2) is 0 Å². The average Bonchev–Trinajstić information content (AvgIpc) is 2.48. The first-order chi connectivity index (χ1) is 10.5. The van der Waals surface area contributed by atoms with E-state index in [-0.39, 0.29) is 23.2 Å². The van der Waals surface area contributed by atoms with Gasteiger partial charge in [-0.1, -0.05) is 24.9 Å². The Labute approximate surface area is 133 Å². The van der Waals surface area contributed by atoms with Crippen molar-refractivity contribution < 1.29 is 19.1 Å². The lowest BCUT2D eigenvalue weighted by molar-refractivity contribution is -0.136. The second kappa shape index (κ2) is 9.38. The van der Waals surface area contributed by atoms with Crippen molar-refractivity contribution in [3.05, 3.63) is 29.0 Å². The number of carbonyl (C=O) groups excluding carboxylic acids is 2. The van der Waals surface area contributed by atoms with Crippen molar-refractivity contribution in [2.24, 2.45) is 5.92 Å². The maximum atomic E-state index is 13.2. The summed E-state index contributed by atoms with van der Waals surface area (Å²) in [6, 6.07) is 3.74. The number of rotatable bonds is 7. The number of hydrogen-bond donors (Lipinski definition) is 3. The molecule has 0 spiro atoms. The Morgan fingerprint density at radius 2 is 2.05 bits per heavy atom. The molecule has 0 heterocycles. The van der Waals surface area contributed by atoms with E-state index < -0.39 is 17.6 Å². The van der Waals surface area contributed by atoms with Gasteiger partial charge in [-0.25, -0.2) is 4.39 Å². The van der Waals surface area contributed by atoms with Crippen molar-refractivity contribution in [3.63, 3.8) is 0 Å². The van der Waals surface area contributed by atoms with Crippen LogP contribution in [0.25, 0.3) is 0 Å². The lowest BCUT2D eigenvalue weighted by Gasteiger charge is -2.15. The zero-order valence-electron chi connectivity index (χ0n) is 12.4. The zero-order chi connectivity index (χ0) is 16.5. The zero-order valence-corrected chi connectivity index (χ0v) is 13.1. The molecule has 0 bridgehead atoms. The van der Waals surface area contributed by atoms with Crippen LogP contribution in [0.15, 0.2) is 18.2 Å². The summed E-state index contributed by atoms with van der Waals surface area (Å²) in [5.41, 5.74) is 0.155. The van der Waals surface area contributed by atoms with E-state index >= 15 is 0 Å². The van der Waals surface area contributed by atoms with E-state index in [2.05, 4.69) is 10.6 Å². The van der Waals surface area contributed by atoms with Crippen LogP contribution in [-0.2, 0) is 9.59 Å². The molecule has 0 radical (unpaired) electrons. The quantitative estimate of drug-likeness (QED) is 0.671. The Balaban J connectivity index is 2.50. The number of amides is 2. The molecule has 0 aliphatic heterocycles. The Hall–Kier alpha value is -1.66. The van der Waals surface area contributed by atoms with Crippen LogP contribution in [0.2, 0.25) is 5.02 Å². The number of anilines is 1. The van der Waals surface area contributed by atoms with Crippen LogP contribution >= 0.6 is 11.6 Å². The maximum Gasteiger partial charge on any atom is 0.313 e. The fraction of sp³-hybridized carbons (Fsp3) is 0.467. The first kappa shape index (κ1) is 18.4. The number of aliphatic hydroxyl groups is 1. The lowest BCUT2D eigenvalue weighted by atomic mass is 10.0. The highest BCUT2D eigenvalue weighted by Gasteiger charge is 2.16. The molecule has 0 aromatic heterocycles. The van der Waals surface area contributed by atoms with E-state index in [4.69, 9.17) is 16.7 Å². The van der Waals surface area contributed by atoms with Crippen molar-refractivity contribution in [1.82, 2.24) is 5.32 Å². The van der Waals surface area contributed by atoms with Gasteiger partial charge in [-0.3, -0.25) is 9.59 Å². The van der Waals surface area contributed by atoms with Gasteiger partial charge in [0.05, 0.1) is 5.02 Å². The molecular weight excluding hydrogens is 311 g/mol. The second-order valence-electron chi connectivity index (χ2n) is 4.96. The summed E-state index contributed by atoms with van der Waals surface area (Å²) >= 11 is 5.54. The SMILES string of the molecule is CCCC(CCO)CNC(=O)C(=O)Nc1ccc(Cl)c(F)c1. The van der Waals surface area contributed by atoms with E-state index in [1.807, 2.05) is 6.92 Å². The van der Waals surface area contributed by atoms with E-state index in [1.165, 1.54) is 12.1 Å². The Bertz CT molecular complexity index is 520. The van der Waals surface area contributed by atoms with Gasteiger partial charge in [-0.05, 0) is 37.0 Å². The van der Waals surface area contributed by atoms with Gasteiger partial charge in [-0.2, -0.15) is 0 Å². The molecule has 5 nitrogen and oxygen atoms in total. The van der Waals surface area contributed by atoms with Gasteiger partial charge >= 0.3 is 11.8 Å². The third kappa shape index (κ3) is 5.99. The standard InChI is InChI=1S/C15H20ClFN2O3/c1-2-3-10(6-7-20)9-18-14(21)15(22)19-11-4-5-12(16)13(17)8-11/h4-5,8,10,20H,2-3,6-7,9H2,1H3,(H,18,21)(H,19,22). The van der Waals surface area contributed by atoms with E-state index in [0.717, 1.165) is 18.9 Å². The minimum atomic E-state index is -0.874. The van der Waals surface area contributed by atoms with Crippen LogP contribution in [0.3, 0.4) is 0 Å². The van der Waals surface area contributed by atoms with Crippen LogP contribution < -0.4 is 10.6 Å². The summed E-state index contributed by atoms with van der Waals surface area (Å²) in [4.78, 5) is 23.4. The molecule has 0 aliphatic rings. The first-order valence-electron chi connectivity index (χ1n) is 7.13. The number of hydrogen-bond acceptors (Lipinski definition) is 3. The molecule has 0 saturated carbocycles. The van der Waals surface area contributed by atoms with Gasteiger partial charge in [0.2, 0.25) is 0 Å². The Morgan fingerprint density at radius 1 is 1.32 bits per heavy atom. The summed E-state index contributed by atoms with van der Waals surface area (Å²) < 4.78 is 13.2. The summed E-state index contributed by atoms with van der Waals surface area (Å²) in [5, 5.41) is 13.7. The Morgan fingerprint density at radius 3 is 2.64 bits per heavy atom. The molecule has 122 valence electrons. The first-order valence-corrected chi connectivity index (χ1v) is 7.50. The monoisotopic (exact) mass is 330 g/mol. The van der Waals surface area contributed by atoms with Crippen LogP contribution in [0.4, 0.5) is 10.1 Å². The van der Waals surface area contributed by atoms with E-state index in [9.17, 15) is 14.0 Å². The van der Waals surface area contributed by atoms with Gasteiger partial charge in [0.1, 0.15) is 5.82 Å². The van der Waals surface area contributed by atoms with Crippen LogP contribution in [0.1, 0.15) is 26.2 Å². The second-order valence-corrected chi connectivity index (χ2v) is 5.37. The molecule has 1 atom stereocenters. The molecule has 1 aromatic rings. The van der Waals surface area contributed by atoms with Crippen molar-refractivity contribution >= 4 is 29.1 Å².